The van der Waals surface area contributed by atoms with Crippen molar-refractivity contribution in [3.05, 3.63) is 29.3 Å². The molecule has 2 aliphatic rings. The number of likely N-dealkylation sites (tertiary alicyclic amines) is 1. The molecule has 3 N–H and O–H groups in total. The van der Waals surface area contributed by atoms with E-state index >= 15 is 0 Å². The van der Waals surface area contributed by atoms with Crippen LogP contribution >= 0.6 is 0 Å². The molecule has 0 spiro atoms. The number of anilines is 1. The number of piperidine rings is 1. The molecule has 1 saturated heterocycles. The van der Waals surface area contributed by atoms with Crippen LogP contribution in [0, 0.1) is 0 Å². The highest BCUT2D eigenvalue weighted by Gasteiger charge is 2.43. The fraction of sp³-hybridized carbons (Fsp3) is 0.588. The van der Waals surface area contributed by atoms with Gasteiger partial charge in [-0.15, -0.1) is 0 Å². The van der Waals surface area contributed by atoms with Gasteiger partial charge in [0, 0.05) is 17.8 Å². The quantitative estimate of drug-likeness (QED) is 0.897. The molecule has 2 aliphatic heterocycles. The van der Waals surface area contributed by atoms with Crippen molar-refractivity contribution >= 4 is 11.6 Å². The van der Waals surface area contributed by atoms with Crippen molar-refractivity contribution in [2.24, 2.45) is 5.73 Å². The Bertz CT molecular complexity index is 547. The highest BCUT2D eigenvalue weighted by Crippen LogP contribution is 2.44. The first-order valence-electron chi connectivity index (χ1n) is 7.91. The van der Waals surface area contributed by atoms with Gasteiger partial charge in [0.1, 0.15) is 0 Å². The first-order chi connectivity index (χ1) is 9.99. The molecular weight excluding hydrogens is 262 g/mol. The number of fused-ring (bicyclic) bond motifs is 1. The smallest absolute Gasteiger partial charge is 0.227 e. The Morgan fingerprint density at radius 1 is 1.33 bits per heavy atom. The van der Waals surface area contributed by atoms with Gasteiger partial charge in [0.2, 0.25) is 5.91 Å². The largest absolute Gasteiger partial charge is 0.379 e. The standard InChI is InChI=1S/C17H25N3O/c1-17(2)15(16(18)21)14-12(7-6-8-13(14)19-17)11-20-9-4-3-5-10-20/h6-8,15,19H,3-5,9-11H2,1-2H3,(H2,18,21). The second kappa shape index (κ2) is 5.34. The lowest BCUT2D eigenvalue weighted by atomic mass is 9.83. The molecule has 0 aromatic heterocycles. The summed E-state index contributed by atoms with van der Waals surface area (Å²) in [5.74, 6) is -0.495. The van der Waals surface area contributed by atoms with Gasteiger partial charge in [-0.1, -0.05) is 18.6 Å². The Labute approximate surface area is 126 Å². The Balaban J connectivity index is 1.94. The Hall–Kier alpha value is -1.55. The Morgan fingerprint density at radius 3 is 2.71 bits per heavy atom. The molecule has 2 heterocycles. The van der Waals surface area contributed by atoms with Crippen molar-refractivity contribution in [1.29, 1.82) is 0 Å². The van der Waals surface area contributed by atoms with Crippen LogP contribution in [0.2, 0.25) is 0 Å². The average Bonchev–Trinajstić information content (AvgIpc) is 2.71. The summed E-state index contributed by atoms with van der Waals surface area (Å²) in [5.41, 5.74) is 8.81. The number of nitrogens with two attached hydrogens (primary N) is 1. The molecule has 114 valence electrons. The van der Waals surface area contributed by atoms with E-state index in [-0.39, 0.29) is 17.4 Å². The van der Waals surface area contributed by atoms with Crippen LogP contribution in [-0.4, -0.2) is 29.4 Å². The number of hydrogen-bond acceptors (Lipinski definition) is 3. The van der Waals surface area contributed by atoms with Crippen LogP contribution in [0.1, 0.15) is 50.2 Å². The van der Waals surface area contributed by atoms with Crippen molar-refractivity contribution in [2.45, 2.75) is 51.1 Å². The van der Waals surface area contributed by atoms with Crippen LogP contribution < -0.4 is 11.1 Å². The number of nitrogens with one attached hydrogen (secondary N) is 1. The minimum atomic E-state index is -0.313. The number of carbonyl (C=O) groups excluding carboxylic acids is 1. The van der Waals surface area contributed by atoms with E-state index in [0.717, 1.165) is 30.9 Å². The summed E-state index contributed by atoms with van der Waals surface area (Å²) in [4.78, 5) is 14.5. The second-order valence-electron chi connectivity index (χ2n) is 6.90. The topological polar surface area (TPSA) is 58.4 Å². The molecule has 0 aliphatic carbocycles. The summed E-state index contributed by atoms with van der Waals surface area (Å²) in [6, 6.07) is 6.27. The fourth-order valence-electron chi connectivity index (χ4n) is 3.84. The van der Waals surface area contributed by atoms with Gasteiger partial charge >= 0.3 is 0 Å². The molecule has 0 saturated carbocycles. The molecule has 1 unspecified atom stereocenters. The SMILES string of the molecule is CC1(C)Nc2cccc(CN3CCCCC3)c2C1C(N)=O. The summed E-state index contributed by atoms with van der Waals surface area (Å²) in [7, 11) is 0. The van der Waals surface area contributed by atoms with Gasteiger partial charge in [0.15, 0.2) is 0 Å². The van der Waals surface area contributed by atoms with Crippen molar-refractivity contribution in [3.63, 3.8) is 0 Å². The Kier molecular flexibility index (Phi) is 3.66. The molecule has 1 aromatic rings. The van der Waals surface area contributed by atoms with Crippen LogP contribution in [0.15, 0.2) is 18.2 Å². The van der Waals surface area contributed by atoms with Gasteiger partial charge in [0.05, 0.1) is 5.92 Å². The minimum absolute atomic E-state index is 0.239. The highest BCUT2D eigenvalue weighted by atomic mass is 16.1. The first kappa shape index (κ1) is 14.4. The molecule has 4 heteroatoms. The molecule has 1 aromatic carbocycles. The van der Waals surface area contributed by atoms with Crippen LogP contribution in [0.25, 0.3) is 0 Å². The zero-order valence-electron chi connectivity index (χ0n) is 13.0. The number of amides is 1. The lowest BCUT2D eigenvalue weighted by Gasteiger charge is -2.29. The fourth-order valence-corrected chi connectivity index (χ4v) is 3.84. The van der Waals surface area contributed by atoms with E-state index in [1.165, 1.54) is 24.8 Å². The molecule has 1 atom stereocenters. The van der Waals surface area contributed by atoms with Gasteiger partial charge in [-0.2, -0.15) is 0 Å². The van der Waals surface area contributed by atoms with Gasteiger partial charge in [-0.25, -0.2) is 0 Å². The molecule has 21 heavy (non-hydrogen) atoms. The van der Waals surface area contributed by atoms with Crippen LogP contribution in [0.4, 0.5) is 5.69 Å². The monoisotopic (exact) mass is 287 g/mol. The zero-order chi connectivity index (χ0) is 15.0. The third-order valence-electron chi connectivity index (χ3n) is 4.79. The van der Waals surface area contributed by atoms with Crippen LogP contribution in [-0.2, 0) is 11.3 Å². The maximum atomic E-state index is 12.0. The molecule has 3 rings (SSSR count). The molecule has 1 fully saturated rings. The number of nitrogens with zero attached hydrogens (tertiary/aromatic N) is 1. The van der Waals surface area contributed by atoms with Crippen molar-refractivity contribution in [3.8, 4) is 0 Å². The molecule has 0 radical (unpaired) electrons. The number of rotatable bonds is 3. The van der Waals surface area contributed by atoms with Crippen molar-refractivity contribution in [2.75, 3.05) is 18.4 Å². The number of carbonyl (C=O) groups is 1. The van der Waals surface area contributed by atoms with E-state index in [9.17, 15) is 4.79 Å². The predicted molar refractivity (Wildman–Crippen MR) is 85.2 cm³/mol. The molecule has 4 nitrogen and oxygen atoms in total. The van der Waals surface area contributed by atoms with E-state index in [1.807, 2.05) is 13.8 Å². The van der Waals surface area contributed by atoms with E-state index in [0.29, 0.717) is 0 Å². The van der Waals surface area contributed by atoms with Gasteiger partial charge < -0.3 is 11.1 Å². The third-order valence-corrected chi connectivity index (χ3v) is 4.79. The molecular formula is C17H25N3O. The lowest BCUT2D eigenvalue weighted by molar-refractivity contribution is -0.120. The van der Waals surface area contributed by atoms with Crippen molar-refractivity contribution < 1.29 is 4.79 Å². The number of primary amides is 1. The second-order valence-corrected chi connectivity index (χ2v) is 6.90. The summed E-state index contributed by atoms with van der Waals surface area (Å²) in [6.45, 7) is 7.33. The van der Waals surface area contributed by atoms with Gasteiger partial charge in [-0.05, 0) is 57.0 Å². The van der Waals surface area contributed by atoms with Crippen molar-refractivity contribution in [1.82, 2.24) is 4.90 Å². The summed E-state index contributed by atoms with van der Waals surface area (Å²) >= 11 is 0. The van der Waals surface area contributed by atoms with E-state index in [2.05, 4.69) is 28.4 Å². The average molecular weight is 287 g/mol. The number of hydrogen-bond donors (Lipinski definition) is 2. The Morgan fingerprint density at radius 2 is 2.05 bits per heavy atom. The minimum Gasteiger partial charge on any atom is -0.379 e. The normalized spacial score (nSPS) is 24.4. The van der Waals surface area contributed by atoms with Crippen LogP contribution in [0.3, 0.4) is 0 Å². The maximum absolute atomic E-state index is 12.0. The first-order valence-corrected chi connectivity index (χ1v) is 7.91. The summed E-state index contributed by atoms with van der Waals surface area (Å²) in [5, 5.41) is 3.46. The summed E-state index contributed by atoms with van der Waals surface area (Å²) in [6.07, 6.45) is 3.89. The van der Waals surface area contributed by atoms with Gasteiger partial charge in [0.25, 0.3) is 0 Å². The predicted octanol–water partition coefficient (Wildman–Crippen LogP) is 2.45. The number of benzene rings is 1. The zero-order valence-corrected chi connectivity index (χ0v) is 13.0. The van der Waals surface area contributed by atoms with E-state index in [1.54, 1.807) is 0 Å². The van der Waals surface area contributed by atoms with E-state index < -0.39 is 0 Å². The van der Waals surface area contributed by atoms with E-state index in [4.69, 9.17) is 5.73 Å². The highest BCUT2D eigenvalue weighted by molar-refractivity contribution is 5.89. The third kappa shape index (κ3) is 2.64. The lowest BCUT2D eigenvalue weighted by Crippen LogP contribution is -2.40. The summed E-state index contributed by atoms with van der Waals surface area (Å²) < 4.78 is 0. The molecule has 0 bridgehead atoms. The molecule has 1 amide bonds. The maximum Gasteiger partial charge on any atom is 0.227 e. The van der Waals surface area contributed by atoms with Gasteiger partial charge in [-0.3, -0.25) is 9.69 Å². The van der Waals surface area contributed by atoms with Crippen LogP contribution in [0.5, 0.6) is 0 Å².